The molecule has 2 fully saturated rings. The highest BCUT2D eigenvalue weighted by molar-refractivity contribution is 5.86. The largest absolute Gasteiger partial charge is 0.480 e. The lowest BCUT2D eigenvalue weighted by Gasteiger charge is -2.25. The number of nitrogens with one attached hydrogen (secondary N) is 2. The van der Waals surface area contributed by atoms with Gasteiger partial charge in [-0.1, -0.05) is 0 Å². The fourth-order valence-corrected chi connectivity index (χ4v) is 2.31. The van der Waals surface area contributed by atoms with E-state index in [4.69, 9.17) is 5.11 Å². The van der Waals surface area contributed by atoms with Gasteiger partial charge in [0.1, 0.15) is 6.04 Å². The SMILES string of the molecule is O=C(NC(CC1CCNCC1)C(=O)O)C1CC1. The van der Waals surface area contributed by atoms with Crippen LogP contribution in [0.25, 0.3) is 0 Å². The Kier molecular flexibility index (Phi) is 3.99. The first-order valence-corrected chi connectivity index (χ1v) is 6.40. The predicted molar refractivity (Wildman–Crippen MR) is 62.5 cm³/mol. The predicted octanol–water partition coefficient (Wildman–Crippen LogP) is 0.355. The third-order valence-electron chi connectivity index (χ3n) is 3.59. The van der Waals surface area contributed by atoms with Gasteiger partial charge in [0.15, 0.2) is 0 Å². The van der Waals surface area contributed by atoms with Crippen LogP contribution in [0.4, 0.5) is 0 Å². The first kappa shape index (κ1) is 12.4. The van der Waals surface area contributed by atoms with Crippen LogP contribution >= 0.6 is 0 Å². The molecule has 1 saturated heterocycles. The molecule has 1 atom stereocenters. The summed E-state index contributed by atoms with van der Waals surface area (Å²) in [4.78, 5) is 22.7. The zero-order chi connectivity index (χ0) is 12.3. The summed E-state index contributed by atoms with van der Waals surface area (Å²) in [6, 6.07) is -0.703. The Balaban J connectivity index is 1.82. The summed E-state index contributed by atoms with van der Waals surface area (Å²) >= 11 is 0. The zero-order valence-corrected chi connectivity index (χ0v) is 9.95. The maximum atomic E-state index is 11.6. The van der Waals surface area contributed by atoms with Gasteiger partial charge in [0.05, 0.1) is 0 Å². The van der Waals surface area contributed by atoms with Crippen molar-refractivity contribution in [3.63, 3.8) is 0 Å². The summed E-state index contributed by atoms with van der Waals surface area (Å²) in [6.45, 7) is 1.90. The first-order chi connectivity index (χ1) is 8.16. The van der Waals surface area contributed by atoms with Crippen LogP contribution in [0, 0.1) is 11.8 Å². The number of carbonyl (C=O) groups excluding carboxylic acids is 1. The van der Waals surface area contributed by atoms with E-state index >= 15 is 0 Å². The Morgan fingerprint density at radius 3 is 2.41 bits per heavy atom. The Morgan fingerprint density at radius 1 is 1.24 bits per heavy atom. The minimum atomic E-state index is -0.905. The van der Waals surface area contributed by atoms with E-state index in [1.165, 1.54) is 0 Å². The van der Waals surface area contributed by atoms with Crippen LogP contribution < -0.4 is 10.6 Å². The van der Waals surface area contributed by atoms with Crippen molar-refractivity contribution in [3.8, 4) is 0 Å². The van der Waals surface area contributed by atoms with E-state index in [1.54, 1.807) is 0 Å². The quantitative estimate of drug-likeness (QED) is 0.648. The fraction of sp³-hybridized carbons (Fsp3) is 0.833. The van der Waals surface area contributed by atoms with Gasteiger partial charge >= 0.3 is 5.97 Å². The standard InChI is InChI=1S/C12H20N2O3/c15-11(9-1-2-9)14-10(12(16)17)7-8-3-5-13-6-4-8/h8-10,13H,1-7H2,(H,14,15)(H,16,17). The summed E-state index contributed by atoms with van der Waals surface area (Å²) in [6.07, 6.45) is 4.39. The van der Waals surface area contributed by atoms with E-state index in [-0.39, 0.29) is 11.8 Å². The van der Waals surface area contributed by atoms with Crippen molar-refractivity contribution in [1.82, 2.24) is 10.6 Å². The molecule has 5 heteroatoms. The number of amides is 1. The minimum Gasteiger partial charge on any atom is -0.480 e. The number of carbonyl (C=O) groups is 2. The molecular weight excluding hydrogens is 220 g/mol. The number of carboxylic acid groups (broad SMARTS) is 1. The van der Waals surface area contributed by atoms with Gasteiger partial charge in [-0.3, -0.25) is 4.79 Å². The number of carboxylic acids is 1. The number of rotatable bonds is 5. The van der Waals surface area contributed by atoms with Gasteiger partial charge < -0.3 is 15.7 Å². The van der Waals surface area contributed by atoms with Gasteiger partial charge in [0.2, 0.25) is 5.91 Å². The summed E-state index contributed by atoms with van der Waals surface area (Å²) in [5.74, 6) is -0.495. The topological polar surface area (TPSA) is 78.4 Å². The molecule has 1 unspecified atom stereocenters. The van der Waals surface area contributed by atoms with E-state index in [2.05, 4.69) is 10.6 Å². The molecular formula is C12H20N2O3. The molecule has 0 aromatic rings. The molecule has 0 radical (unpaired) electrons. The molecule has 1 saturated carbocycles. The molecule has 2 rings (SSSR count). The van der Waals surface area contributed by atoms with E-state index in [0.717, 1.165) is 38.8 Å². The third-order valence-corrected chi connectivity index (χ3v) is 3.59. The smallest absolute Gasteiger partial charge is 0.326 e. The summed E-state index contributed by atoms with van der Waals surface area (Å²) in [5, 5.41) is 15.0. The van der Waals surface area contributed by atoms with Crippen LogP contribution in [0.3, 0.4) is 0 Å². The van der Waals surface area contributed by atoms with Crippen molar-refractivity contribution in [3.05, 3.63) is 0 Å². The maximum Gasteiger partial charge on any atom is 0.326 e. The fourth-order valence-electron chi connectivity index (χ4n) is 2.31. The molecule has 0 aromatic carbocycles. The average molecular weight is 240 g/mol. The molecule has 1 aliphatic heterocycles. The van der Waals surface area contributed by atoms with Crippen LogP contribution in [0.1, 0.15) is 32.1 Å². The van der Waals surface area contributed by atoms with Crippen LogP contribution in [-0.2, 0) is 9.59 Å². The minimum absolute atomic E-state index is 0.0740. The molecule has 3 N–H and O–H groups in total. The van der Waals surface area contributed by atoms with Gasteiger partial charge in [-0.15, -0.1) is 0 Å². The third kappa shape index (κ3) is 3.70. The van der Waals surface area contributed by atoms with Gasteiger partial charge in [-0.25, -0.2) is 4.79 Å². The van der Waals surface area contributed by atoms with Crippen LogP contribution in [0.15, 0.2) is 0 Å². The summed E-state index contributed by atoms with van der Waals surface area (Å²) in [7, 11) is 0. The summed E-state index contributed by atoms with van der Waals surface area (Å²) in [5.41, 5.74) is 0. The van der Waals surface area contributed by atoms with Crippen molar-refractivity contribution in [1.29, 1.82) is 0 Å². The summed E-state index contributed by atoms with van der Waals surface area (Å²) < 4.78 is 0. The Bertz CT molecular complexity index is 296. The van der Waals surface area contributed by atoms with E-state index < -0.39 is 12.0 Å². The maximum absolute atomic E-state index is 11.6. The van der Waals surface area contributed by atoms with Crippen molar-refractivity contribution < 1.29 is 14.7 Å². The highest BCUT2D eigenvalue weighted by atomic mass is 16.4. The lowest BCUT2D eigenvalue weighted by molar-refractivity contribution is -0.142. The van der Waals surface area contributed by atoms with Crippen LogP contribution in [-0.4, -0.2) is 36.1 Å². The lowest BCUT2D eigenvalue weighted by atomic mass is 9.91. The van der Waals surface area contributed by atoms with Gasteiger partial charge in [0, 0.05) is 5.92 Å². The van der Waals surface area contributed by atoms with E-state index in [0.29, 0.717) is 12.3 Å². The second-order valence-electron chi connectivity index (χ2n) is 5.10. The first-order valence-electron chi connectivity index (χ1n) is 6.40. The highest BCUT2D eigenvalue weighted by Gasteiger charge is 2.33. The normalized spacial score (nSPS) is 23.1. The molecule has 5 nitrogen and oxygen atoms in total. The number of hydrogen-bond acceptors (Lipinski definition) is 3. The Labute approximate surface area is 101 Å². The average Bonchev–Trinajstić information content (AvgIpc) is 3.13. The molecule has 1 aliphatic carbocycles. The molecule has 1 amide bonds. The molecule has 17 heavy (non-hydrogen) atoms. The second-order valence-corrected chi connectivity index (χ2v) is 5.10. The van der Waals surface area contributed by atoms with Crippen LogP contribution in [0.5, 0.6) is 0 Å². The monoisotopic (exact) mass is 240 g/mol. The van der Waals surface area contributed by atoms with Gasteiger partial charge in [-0.05, 0) is 51.1 Å². The Morgan fingerprint density at radius 2 is 1.88 bits per heavy atom. The van der Waals surface area contributed by atoms with Crippen molar-refractivity contribution >= 4 is 11.9 Å². The Hall–Kier alpha value is -1.10. The van der Waals surface area contributed by atoms with E-state index in [9.17, 15) is 9.59 Å². The highest BCUT2D eigenvalue weighted by Crippen LogP contribution is 2.29. The molecule has 0 bridgehead atoms. The van der Waals surface area contributed by atoms with E-state index in [1.807, 2.05) is 0 Å². The molecule has 0 aromatic heterocycles. The zero-order valence-electron chi connectivity index (χ0n) is 9.95. The van der Waals surface area contributed by atoms with Gasteiger partial charge in [-0.2, -0.15) is 0 Å². The second kappa shape index (κ2) is 5.49. The van der Waals surface area contributed by atoms with Crippen molar-refractivity contribution in [2.75, 3.05) is 13.1 Å². The lowest BCUT2D eigenvalue weighted by Crippen LogP contribution is -2.43. The van der Waals surface area contributed by atoms with Crippen molar-refractivity contribution in [2.24, 2.45) is 11.8 Å². The number of aliphatic carboxylic acids is 1. The number of piperidine rings is 1. The molecule has 96 valence electrons. The molecule has 0 spiro atoms. The van der Waals surface area contributed by atoms with Crippen molar-refractivity contribution in [2.45, 2.75) is 38.1 Å². The molecule has 1 heterocycles. The van der Waals surface area contributed by atoms with Gasteiger partial charge in [0.25, 0.3) is 0 Å². The number of hydrogen-bond donors (Lipinski definition) is 3. The molecule has 2 aliphatic rings. The van der Waals surface area contributed by atoms with Crippen LogP contribution in [0.2, 0.25) is 0 Å².